The van der Waals surface area contributed by atoms with Crippen molar-refractivity contribution in [2.45, 2.75) is 25.9 Å². The first kappa shape index (κ1) is 13.4. The van der Waals surface area contributed by atoms with Crippen LogP contribution in [0.4, 0.5) is 4.79 Å². The predicted molar refractivity (Wildman–Crippen MR) is 63.5 cm³/mol. The zero-order valence-electron chi connectivity index (χ0n) is 10.8. The van der Waals surface area contributed by atoms with Crippen LogP contribution in [-0.2, 0) is 14.4 Å². The minimum Gasteiger partial charge on any atom is -0.464 e. The summed E-state index contributed by atoms with van der Waals surface area (Å²) < 4.78 is 4.73. The normalized spacial score (nSPS) is 25.1. The number of hydrogen-bond donors (Lipinski definition) is 0. The molecule has 102 valence electrons. The van der Waals surface area contributed by atoms with Crippen LogP contribution in [-0.4, -0.2) is 53.8 Å². The van der Waals surface area contributed by atoms with Crippen molar-refractivity contribution in [1.82, 2.24) is 9.96 Å². The Morgan fingerprint density at radius 3 is 3.00 bits per heavy atom. The summed E-state index contributed by atoms with van der Waals surface area (Å²) in [5, 5.41) is 10.2. The molecule has 2 atom stereocenters. The van der Waals surface area contributed by atoms with Crippen LogP contribution in [0.15, 0.2) is 11.6 Å². The average Bonchev–Trinajstić information content (AvgIpc) is 2.67. The third-order valence-corrected chi connectivity index (χ3v) is 3.13. The summed E-state index contributed by atoms with van der Waals surface area (Å²) in [6.07, 6.45) is 1.74. The van der Waals surface area contributed by atoms with E-state index in [1.54, 1.807) is 13.0 Å². The zero-order chi connectivity index (χ0) is 14.0. The molecule has 2 heterocycles. The Kier molecular flexibility index (Phi) is 3.71. The van der Waals surface area contributed by atoms with Crippen LogP contribution < -0.4 is 0 Å². The van der Waals surface area contributed by atoms with Crippen LogP contribution >= 0.6 is 0 Å². The number of carbonyl (C=O) groups excluding carboxylic acids is 2. The summed E-state index contributed by atoms with van der Waals surface area (Å²) >= 11 is 0. The molecule has 2 unspecified atom stereocenters. The molecule has 0 N–H and O–H groups in total. The molecule has 1 saturated heterocycles. The summed E-state index contributed by atoms with van der Waals surface area (Å²) in [5.41, 5.74) is 0.887. The minimum atomic E-state index is -0.569. The van der Waals surface area contributed by atoms with Gasteiger partial charge in [-0.05, 0) is 25.5 Å². The minimum absolute atomic E-state index is 0.244. The lowest BCUT2D eigenvalue weighted by molar-refractivity contribution is -0.170. The quantitative estimate of drug-likeness (QED) is 0.544. The van der Waals surface area contributed by atoms with Gasteiger partial charge in [-0.3, -0.25) is 4.84 Å². The maximum Gasteiger partial charge on any atom is 0.346 e. The zero-order valence-corrected chi connectivity index (χ0v) is 10.8. The van der Waals surface area contributed by atoms with Gasteiger partial charge in [0.2, 0.25) is 0 Å². The van der Waals surface area contributed by atoms with Gasteiger partial charge < -0.3 is 9.64 Å². The van der Waals surface area contributed by atoms with Crippen molar-refractivity contribution in [1.29, 1.82) is 5.26 Å². The van der Waals surface area contributed by atoms with E-state index in [0.29, 0.717) is 6.54 Å². The maximum atomic E-state index is 12.1. The number of nitriles is 1. The molecular formula is C12H15N3O4. The number of ether oxygens (including phenoxy) is 1. The van der Waals surface area contributed by atoms with E-state index >= 15 is 0 Å². The van der Waals surface area contributed by atoms with E-state index < -0.39 is 18.0 Å². The molecule has 2 aliphatic heterocycles. The lowest BCUT2D eigenvalue weighted by atomic mass is 10.0. The van der Waals surface area contributed by atoms with Gasteiger partial charge in [0.25, 0.3) is 0 Å². The van der Waals surface area contributed by atoms with Gasteiger partial charge >= 0.3 is 12.0 Å². The molecule has 1 fully saturated rings. The molecule has 2 aliphatic rings. The SMILES string of the molecule is CCOC(=O)CON1C(=O)N2CC1C(C)=CC2C#N. The van der Waals surface area contributed by atoms with Gasteiger partial charge in [0.05, 0.1) is 25.3 Å². The number of rotatable bonds is 4. The smallest absolute Gasteiger partial charge is 0.346 e. The maximum absolute atomic E-state index is 12.1. The second-order valence-electron chi connectivity index (χ2n) is 4.34. The first-order valence-corrected chi connectivity index (χ1v) is 6.04. The van der Waals surface area contributed by atoms with E-state index in [9.17, 15) is 9.59 Å². The topological polar surface area (TPSA) is 82.9 Å². The molecule has 0 spiro atoms. The van der Waals surface area contributed by atoms with Gasteiger partial charge in [-0.15, -0.1) is 0 Å². The molecule has 7 heteroatoms. The molecule has 19 heavy (non-hydrogen) atoms. The summed E-state index contributed by atoms with van der Waals surface area (Å²) in [5.74, 6) is -0.523. The lowest BCUT2D eigenvalue weighted by Gasteiger charge is -2.23. The molecule has 0 aromatic carbocycles. The van der Waals surface area contributed by atoms with Crippen molar-refractivity contribution < 1.29 is 19.2 Å². The number of fused-ring (bicyclic) bond motifs is 2. The van der Waals surface area contributed by atoms with Gasteiger partial charge in [0.1, 0.15) is 6.04 Å². The Balaban J connectivity index is 2.04. The molecular weight excluding hydrogens is 250 g/mol. The lowest BCUT2D eigenvalue weighted by Crippen LogP contribution is -2.37. The Labute approximate surface area is 110 Å². The highest BCUT2D eigenvalue weighted by Crippen LogP contribution is 2.29. The van der Waals surface area contributed by atoms with Crippen molar-refractivity contribution in [2.24, 2.45) is 0 Å². The number of amides is 2. The van der Waals surface area contributed by atoms with E-state index in [4.69, 9.17) is 14.8 Å². The molecule has 2 bridgehead atoms. The standard InChI is InChI=1S/C12H15N3O4/c1-3-18-11(16)7-19-15-10-6-14(12(15)17)9(5-13)4-8(10)2/h4,9-10H,3,6-7H2,1-2H3. The highest BCUT2D eigenvalue weighted by molar-refractivity contribution is 5.79. The van der Waals surface area contributed by atoms with Crippen molar-refractivity contribution in [3.8, 4) is 6.07 Å². The Bertz CT molecular complexity index is 468. The number of carbonyl (C=O) groups is 2. The highest BCUT2D eigenvalue weighted by atomic mass is 16.7. The van der Waals surface area contributed by atoms with E-state index in [1.165, 1.54) is 4.90 Å². The molecule has 0 aromatic rings. The van der Waals surface area contributed by atoms with Gasteiger partial charge in [-0.2, -0.15) is 10.3 Å². The fourth-order valence-corrected chi connectivity index (χ4v) is 2.19. The molecule has 0 saturated carbocycles. The van der Waals surface area contributed by atoms with E-state index in [0.717, 1.165) is 10.6 Å². The first-order chi connectivity index (χ1) is 9.08. The first-order valence-electron chi connectivity index (χ1n) is 6.04. The predicted octanol–water partition coefficient (Wildman–Crippen LogP) is 0.439. The molecule has 0 aliphatic carbocycles. The summed E-state index contributed by atoms with van der Waals surface area (Å²) in [6, 6.07) is 0.845. The average molecular weight is 265 g/mol. The van der Waals surface area contributed by atoms with Crippen LogP contribution in [0.25, 0.3) is 0 Å². The van der Waals surface area contributed by atoms with E-state index in [1.807, 2.05) is 6.92 Å². The second kappa shape index (κ2) is 5.28. The van der Waals surface area contributed by atoms with Crippen LogP contribution in [0.3, 0.4) is 0 Å². The second-order valence-corrected chi connectivity index (χ2v) is 4.34. The van der Waals surface area contributed by atoms with E-state index in [-0.39, 0.29) is 19.3 Å². The number of urea groups is 1. The number of esters is 1. The third-order valence-electron chi connectivity index (χ3n) is 3.13. The van der Waals surface area contributed by atoms with Crippen molar-refractivity contribution in [2.75, 3.05) is 19.8 Å². The number of hydroxylamine groups is 2. The van der Waals surface area contributed by atoms with Gasteiger partial charge in [0.15, 0.2) is 6.61 Å². The fraction of sp³-hybridized carbons (Fsp3) is 0.583. The summed E-state index contributed by atoms with van der Waals surface area (Å²) in [6.45, 7) is 3.89. The van der Waals surface area contributed by atoms with Gasteiger partial charge in [0, 0.05) is 0 Å². The largest absolute Gasteiger partial charge is 0.464 e. The number of hydrogen-bond acceptors (Lipinski definition) is 5. The Hall–Kier alpha value is -2.07. The third kappa shape index (κ3) is 2.39. The van der Waals surface area contributed by atoms with Crippen LogP contribution in [0.2, 0.25) is 0 Å². The highest BCUT2D eigenvalue weighted by Gasteiger charge is 2.45. The fourth-order valence-electron chi connectivity index (χ4n) is 2.19. The molecule has 2 rings (SSSR count). The molecule has 0 aromatic heterocycles. The van der Waals surface area contributed by atoms with Crippen LogP contribution in [0.5, 0.6) is 0 Å². The van der Waals surface area contributed by atoms with Crippen molar-refractivity contribution in [3.05, 3.63) is 11.6 Å². The van der Waals surface area contributed by atoms with Crippen molar-refractivity contribution in [3.63, 3.8) is 0 Å². The molecule has 7 nitrogen and oxygen atoms in total. The van der Waals surface area contributed by atoms with Crippen molar-refractivity contribution >= 4 is 12.0 Å². The summed E-state index contributed by atoms with van der Waals surface area (Å²) in [7, 11) is 0. The van der Waals surface area contributed by atoms with Gasteiger partial charge in [-0.25, -0.2) is 9.59 Å². The Morgan fingerprint density at radius 1 is 1.63 bits per heavy atom. The summed E-state index contributed by atoms with van der Waals surface area (Å²) in [4.78, 5) is 29.9. The van der Waals surface area contributed by atoms with Gasteiger partial charge in [-0.1, -0.05) is 0 Å². The monoisotopic (exact) mass is 265 g/mol. The molecule has 2 amide bonds. The Morgan fingerprint density at radius 2 is 2.37 bits per heavy atom. The van der Waals surface area contributed by atoms with Crippen LogP contribution in [0.1, 0.15) is 13.8 Å². The van der Waals surface area contributed by atoms with E-state index in [2.05, 4.69) is 6.07 Å². The van der Waals surface area contributed by atoms with Crippen LogP contribution in [0, 0.1) is 11.3 Å². The number of nitrogens with zero attached hydrogens (tertiary/aromatic N) is 3. The molecule has 0 radical (unpaired) electrons.